The molecule has 0 amide bonds. The highest BCUT2D eigenvalue weighted by Crippen LogP contribution is 2.29. The van der Waals surface area contributed by atoms with Crippen LogP contribution in [-0.2, 0) is 14.8 Å². The van der Waals surface area contributed by atoms with Gasteiger partial charge in [-0.2, -0.15) is 0 Å². The lowest BCUT2D eigenvalue weighted by Crippen LogP contribution is -2.42. The Morgan fingerprint density at radius 3 is 2.55 bits per heavy atom. The molecule has 1 saturated heterocycles. The second-order valence-corrected chi connectivity index (χ2v) is 12.0. The van der Waals surface area contributed by atoms with Crippen molar-refractivity contribution in [3.05, 3.63) is 65.2 Å². The highest BCUT2D eigenvalue weighted by Gasteiger charge is 2.27. The number of sulfonamides is 1. The number of benzene rings is 2. The molecule has 2 aliphatic heterocycles. The Kier molecular flexibility index (Phi) is 13.1. The van der Waals surface area contributed by atoms with E-state index < -0.39 is 21.7 Å². The summed E-state index contributed by atoms with van der Waals surface area (Å²) in [5, 5.41) is 16.8. The van der Waals surface area contributed by atoms with Gasteiger partial charge in [-0.05, 0) is 55.2 Å². The van der Waals surface area contributed by atoms with Gasteiger partial charge in [-0.1, -0.05) is 30.4 Å². The fourth-order valence-corrected chi connectivity index (χ4v) is 6.20. The number of aliphatic carboxylic acids is 1. The second kappa shape index (κ2) is 15.8. The fourth-order valence-electron chi connectivity index (χ4n) is 4.98. The number of likely N-dealkylation sites (tertiary alicyclic amines) is 1. The summed E-state index contributed by atoms with van der Waals surface area (Å²) in [5.41, 5.74) is 7.98. The van der Waals surface area contributed by atoms with Gasteiger partial charge in [0.05, 0.1) is 18.1 Å². The molecule has 4 N–H and O–H groups in total. The molecule has 2 aliphatic rings. The number of hydrogen-bond acceptors (Lipinski definition) is 7. The van der Waals surface area contributed by atoms with E-state index in [4.69, 9.17) is 15.9 Å². The molecule has 13 heteroatoms. The quantitative estimate of drug-likeness (QED) is 0.256. The molecule has 1 fully saturated rings. The Balaban J connectivity index is 0.00000308. The van der Waals surface area contributed by atoms with Gasteiger partial charge >= 0.3 is 5.97 Å². The third kappa shape index (κ3) is 9.37. The number of halogens is 2. The minimum Gasteiger partial charge on any atom is -0.490 e. The number of aryl methyl sites for hydroxylation is 1. The molecule has 42 heavy (non-hydrogen) atoms. The van der Waals surface area contributed by atoms with E-state index in [0.29, 0.717) is 17.0 Å². The van der Waals surface area contributed by atoms with Crippen molar-refractivity contribution >= 4 is 64.2 Å². The zero-order valence-corrected chi connectivity index (χ0v) is 26.0. The van der Waals surface area contributed by atoms with Crippen LogP contribution in [0, 0.1) is 12.3 Å². The predicted octanol–water partition coefficient (Wildman–Crippen LogP) is 4.48. The number of nitrogens with two attached hydrogens (primary N) is 1. The summed E-state index contributed by atoms with van der Waals surface area (Å²) in [5.74, 6) is -0.618. The number of ether oxygens (including phenoxy) is 1. The minimum atomic E-state index is -4.15. The zero-order chi connectivity index (χ0) is 28.7. The van der Waals surface area contributed by atoms with E-state index in [1.54, 1.807) is 48.6 Å². The topological polar surface area (TPSA) is 149 Å². The highest BCUT2D eigenvalue weighted by atomic mass is 35.5. The van der Waals surface area contributed by atoms with Crippen LogP contribution in [0.5, 0.6) is 5.75 Å². The number of nitrogen functional groups attached to an aromatic ring is 1. The van der Waals surface area contributed by atoms with E-state index >= 15 is 0 Å². The molecule has 2 aromatic carbocycles. The number of carbonyl (C=O) groups is 1. The van der Waals surface area contributed by atoms with E-state index in [9.17, 15) is 18.3 Å². The third-order valence-corrected chi connectivity index (χ3v) is 8.71. The van der Waals surface area contributed by atoms with Gasteiger partial charge in [-0.3, -0.25) is 19.5 Å². The zero-order valence-electron chi connectivity index (χ0n) is 23.6. The van der Waals surface area contributed by atoms with Crippen molar-refractivity contribution in [2.24, 2.45) is 10.7 Å². The van der Waals surface area contributed by atoms with Crippen molar-refractivity contribution < 1.29 is 23.1 Å². The van der Waals surface area contributed by atoms with Crippen LogP contribution in [0.3, 0.4) is 0 Å². The molecule has 0 radical (unpaired) electrons. The standard InChI is InChI=1S/C29H37N5O5S.2ClH/c1-21-18-24(10-11-26(21)39-25-12-16-33(17-13-25)27-9-2-3-14-32-27)34(40(37,38)20-28(35)36)15-5-7-22-6-4-8-23(19-22)29(30)31;;/h4-8,10-11,18-19,25H,2-3,9,12-17,20H2,1H3,(H3,30,31)(H,35,36);2*1H/b7-5+;;. The van der Waals surface area contributed by atoms with Crippen LogP contribution in [0.1, 0.15) is 48.8 Å². The average Bonchev–Trinajstić information content (AvgIpc) is 2.92. The first-order valence-electron chi connectivity index (χ1n) is 13.5. The Hall–Kier alpha value is -3.28. The maximum atomic E-state index is 13.0. The van der Waals surface area contributed by atoms with E-state index in [0.717, 1.165) is 54.3 Å². The number of aliphatic imine (C=N–C) groups is 1. The number of amidine groups is 2. The molecule has 2 heterocycles. The lowest BCUT2D eigenvalue weighted by molar-refractivity contribution is -0.134. The summed E-state index contributed by atoms with van der Waals surface area (Å²) in [6.07, 6.45) is 8.60. The van der Waals surface area contributed by atoms with Crippen LogP contribution in [0.2, 0.25) is 0 Å². The molecular formula is C29H39Cl2N5O5S. The molecule has 0 saturated carbocycles. The van der Waals surface area contributed by atoms with Crippen molar-refractivity contribution in [3.63, 3.8) is 0 Å². The molecule has 10 nitrogen and oxygen atoms in total. The lowest BCUT2D eigenvalue weighted by atomic mass is 10.1. The number of piperidine rings is 1. The molecule has 2 aromatic rings. The number of nitrogens with one attached hydrogen (secondary N) is 1. The summed E-state index contributed by atoms with van der Waals surface area (Å²) >= 11 is 0. The number of hydrogen-bond donors (Lipinski definition) is 3. The van der Waals surface area contributed by atoms with Crippen LogP contribution in [0.25, 0.3) is 6.08 Å². The lowest BCUT2D eigenvalue weighted by Gasteiger charge is -2.35. The number of carboxylic acids is 1. The SMILES string of the molecule is Cc1cc(N(C/C=C/c2cccc(C(=N)N)c2)S(=O)(=O)CC(=O)O)ccc1OC1CCN(C2=NCCCC2)CC1.Cl.Cl. The van der Waals surface area contributed by atoms with E-state index in [-0.39, 0.29) is 43.3 Å². The minimum absolute atomic E-state index is 0. The first-order chi connectivity index (χ1) is 19.1. The molecule has 0 aromatic heterocycles. The first kappa shape index (κ1) is 34.9. The molecule has 0 unspecified atom stereocenters. The van der Waals surface area contributed by atoms with E-state index in [2.05, 4.69) is 9.89 Å². The maximum absolute atomic E-state index is 13.0. The monoisotopic (exact) mass is 639 g/mol. The van der Waals surface area contributed by atoms with Crippen molar-refractivity contribution in [3.8, 4) is 5.75 Å². The summed E-state index contributed by atoms with van der Waals surface area (Å²) < 4.78 is 33.4. The van der Waals surface area contributed by atoms with Gasteiger partial charge in [0.2, 0.25) is 10.0 Å². The van der Waals surface area contributed by atoms with Crippen LogP contribution in [0.4, 0.5) is 5.69 Å². The molecule has 0 aliphatic carbocycles. The highest BCUT2D eigenvalue weighted by molar-refractivity contribution is 7.93. The fraction of sp³-hybridized carbons (Fsp3) is 0.414. The summed E-state index contributed by atoms with van der Waals surface area (Å²) in [6, 6.07) is 12.1. The van der Waals surface area contributed by atoms with Gasteiger partial charge < -0.3 is 20.5 Å². The first-order valence-corrected chi connectivity index (χ1v) is 15.1. The van der Waals surface area contributed by atoms with Crippen molar-refractivity contribution in [1.29, 1.82) is 5.41 Å². The van der Waals surface area contributed by atoms with Gasteiger partial charge in [0, 0.05) is 44.5 Å². The number of carboxylic acid groups (broad SMARTS) is 1. The van der Waals surface area contributed by atoms with E-state index in [1.807, 2.05) is 13.0 Å². The predicted molar refractivity (Wildman–Crippen MR) is 172 cm³/mol. The largest absolute Gasteiger partial charge is 0.490 e. The van der Waals surface area contributed by atoms with Crippen LogP contribution < -0.4 is 14.8 Å². The van der Waals surface area contributed by atoms with Crippen molar-refractivity contribution in [1.82, 2.24) is 4.90 Å². The average molecular weight is 641 g/mol. The molecule has 0 bridgehead atoms. The maximum Gasteiger partial charge on any atom is 0.320 e. The number of rotatable bonds is 10. The molecule has 0 spiro atoms. The third-order valence-electron chi connectivity index (χ3n) is 7.07. The Morgan fingerprint density at radius 2 is 1.93 bits per heavy atom. The Morgan fingerprint density at radius 1 is 1.19 bits per heavy atom. The molecular weight excluding hydrogens is 601 g/mol. The molecule has 4 rings (SSSR count). The Labute approximate surface area is 260 Å². The normalized spacial score (nSPS) is 15.7. The van der Waals surface area contributed by atoms with Crippen LogP contribution >= 0.6 is 24.8 Å². The van der Waals surface area contributed by atoms with Gasteiger partial charge in [-0.25, -0.2) is 8.42 Å². The van der Waals surface area contributed by atoms with Gasteiger partial charge in [-0.15, -0.1) is 24.8 Å². The van der Waals surface area contributed by atoms with Crippen molar-refractivity contribution in [2.45, 2.75) is 45.1 Å². The smallest absolute Gasteiger partial charge is 0.320 e. The molecule has 230 valence electrons. The van der Waals surface area contributed by atoms with Gasteiger partial charge in [0.1, 0.15) is 17.7 Å². The number of anilines is 1. The number of nitrogens with zero attached hydrogens (tertiary/aromatic N) is 3. The van der Waals surface area contributed by atoms with E-state index in [1.165, 1.54) is 18.7 Å². The van der Waals surface area contributed by atoms with Crippen LogP contribution in [-0.4, -0.2) is 74.1 Å². The summed E-state index contributed by atoms with van der Waals surface area (Å²) in [4.78, 5) is 18.4. The van der Waals surface area contributed by atoms with Gasteiger partial charge in [0.25, 0.3) is 0 Å². The second-order valence-electron chi connectivity index (χ2n) is 10.1. The molecule has 0 atom stereocenters. The summed E-state index contributed by atoms with van der Waals surface area (Å²) in [6.45, 7) is 4.52. The summed E-state index contributed by atoms with van der Waals surface area (Å²) in [7, 11) is -4.15. The Bertz CT molecular complexity index is 1410. The van der Waals surface area contributed by atoms with Crippen molar-refractivity contribution in [2.75, 3.05) is 36.2 Å². The van der Waals surface area contributed by atoms with Gasteiger partial charge in [0.15, 0.2) is 5.75 Å². The van der Waals surface area contributed by atoms with Crippen LogP contribution in [0.15, 0.2) is 53.5 Å².